The summed E-state index contributed by atoms with van der Waals surface area (Å²) in [6, 6.07) is 15.3. The first-order valence-corrected chi connectivity index (χ1v) is 12.3. The van der Waals surface area contributed by atoms with Crippen molar-refractivity contribution in [1.82, 2.24) is 14.5 Å². The van der Waals surface area contributed by atoms with Gasteiger partial charge in [0.2, 0.25) is 21.8 Å². The monoisotopic (exact) mass is 473 g/mol. The molecule has 2 aromatic carbocycles. The third-order valence-electron chi connectivity index (χ3n) is 5.08. The number of rotatable bonds is 12. The van der Waals surface area contributed by atoms with E-state index in [-0.39, 0.29) is 32.1 Å². The minimum atomic E-state index is -3.68. The number of benzene rings is 2. The van der Waals surface area contributed by atoms with Crippen LogP contribution in [0, 0.1) is 0 Å². The second-order valence-corrected chi connectivity index (χ2v) is 9.58. The number of amides is 2. The molecular weight excluding hydrogens is 442 g/mol. The lowest BCUT2D eigenvalue weighted by Crippen LogP contribution is -2.51. The van der Waals surface area contributed by atoms with Crippen molar-refractivity contribution in [1.29, 1.82) is 0 Å². The van der Waals surface area contributed by atoms with Gasteiger partial charge in [-0.05, 0) is 30.2 Å². The summed E-state index contributed by atoms with van der Waals surface area (Å²) in [5.74, 6) is -0.168. The van der Waals surface area contributed by atoms with Crippen LogP contribution in [0.3, 0.4) is 0 Å². The fourth-order valence-corrected chi connectivity index (χ4v) is 3.88. The Labute approximate surface area is 195 Å². The van der Waals surface area contributed by atoms with Gasteiger partial charge in [0.25, 0.3) is 0 Å². The third kappa shape index (κ3) is 8.03. The molecule has 1 N–H and O–H groups in total. The SMILES string of the molecule is C=CCNC(=O)[C@H](C)N(Cc1ccc(OC)cc1)C(=O)CN(Cc1ccccc1)S(C)(=O)=O. The molecule has 0 saturated carbocycles. The molecule has 2 amide bonds. The first-order chi connectivity index (χ1) is 15.7. The highest BCUT2D eigenvalue weighted by atomic mass is 32.2. The fourth-order valence-electron chi connectivity index (χ4n) is 3.15. The highest BCUT2D eigenvalue weighted by Crippen LogP contribution is 2.16. The molecule has 0 radical (unpaired) electrons. The maximum absolute atomic E-state index is 13.3. The first kappa shape index (κ1) is 26.1. The van der Waals surface area contributed by atoms with E-state index in [1.807, 2.05) is 6.07 Å². The molecule has 0 aromatic heterocycles. The Kier molecular flexibility index (Phi) is 9.62. The van der Waals surface area contributed by atoms with E-state index in [2.05, 4.69) is 11.9 Å². The molecule has 0 aliphatic rings. The van der Waals surface area contributed by atoms with Crippen molar-refractivity contribution in [2.24, 2.45) is 0 Å². The minimum absolute atomic E-state index is 0.0544. The number of sulfonamides is 1. The van der Waals surface area contributed by atoms with Crippen molar-refractivity contribution in [2.75, 3.05) is 26.5 Å². The summed E-state index contributed by atoms with van der Waals surface area (Å²) in [4.78, 5) is 27.3. The number of carbonyl (C=O) groups excluding carboxylic acids is 2. The predicted octanol–water partition coefficient (Wildman–Crippen LogP) is 2.18. The van der Waals surface area contributed by atoms with E-state index in [1.165, 1.54) is 4.90 Å². The normalized spacial score (nSPS) is 12.1. The summed E-state index contributed by atoms with van der Waals surface area (Å²) in [6.07, 6.45) is 2.61. The number of carbonyl (C=O) groups is 2. The molecule has 1 atom stereocenters. The highest BCUT2D eigenvalue weighted by Gasteiger charge is 2.29. The molecule has 0 aliphatic heterocycles. The quantitative estimate of drug-likeness (QED) is 0.477. The summed E-state index contributed by atoms with van der Waals surface area (Å²) in [5, 5.41) is 2.69. The minimum Gasteiger partial charge on any atom is -0.497 e. The summed E-state index contributed by atoms with van der Waals surface area (Å²) in [5.41, 5.74) is 1.54. The Bertz CT molecular complexity index is 1040. The number of nitrogens with zero attached hydrogens (tertiary/aromatic N) is 2. The van der Waals surface area contributed by atoms with Crippen molar-refractivity contribution >= 4 is 21.8 Å². The van der Waals surface area contributed by atoms with Gasteiger partial charge in [-0.25, -0.2) is 8.42 Å². The Hall–Kier alpha value is -3.17. The third-order valence-corrected chi connectivity index (χ3v) is 6.28. The second kappa shape index (κ2) is 12.2. The fraction of sp³-hybridized carbons (Fsp3) is 0.333. The van der Waals surface area contributed by atoms with E-state index in [0.29, 0.717) is 5.75 Å². The molecule has 0 bridgehead atoms. The second-order valence-electron chi connectivity index (χ2n) is 7.60. The molecule has 0 spiro atoms. The van der Waals surface area contributed by atoms with Gasteiger partial charge >= 0.3 is 0 Å². The van der Waals surface area contributed by atoms with Gasteiger partial charge in [-0.15, -0.1) is 6.58 Å². The Morgan fingerprint density at radius 2 is 1.67 bits per heavy atom. The smallest absolute Gasteiger partial charge is 0.242 e. The van der Waals surface area contributed by atoms with Gasteiger partial charge in [0.05, 0.1) is 19.9 Å². The van der Waals surface area contributed by atoms with Gasteiger partial charge in [0.15, 0.2) is 0 Å². The highest BCUT2D eigenvalue weighted by molar-refractivity contribution is 7.88. The zero-order chi connectivity index (χ0) is 24.4. The van der Waals surface area contributed by atoms with Crippen molar-refractivity contribution in [3.63, 3.8) is 0 Å². The molecule has 2 aromatic rings. The Morgan fingerprint density at radius 1 is 1.06 bits per heavy atom. The van der Waals surface area contributed by atoms with Gasteiger partial charge in [-0.1, -0.05) is 48.5 Å². The van der Waals surface area contributed by atoms with Gasteiger partial charge in [-0.2, -0.15) is 4.31 Å². The number of hydrogen-bond donors (Lipinski definition) is 1. The van der Waals surface area contributed by atoms with E-state index in [0.717, 1.165) is 21.7 Å². The summed E-state index contributed by atoms with van der Waals surface area (Å²) in [6.45, 7) is 5.26. The van der Waals surface area contributed by atoms with Crippen LogP contribution < -0.4 is 10.1 Å². The Morgan fingerprint density at radius 3 is 2.21 bits per heavy atom. The standard InChI is InChI=1S/C24H31N3O5S/c1-5-15-25-24(29)19(2)27(17-21-11-13-22(32-3)14-12-21)23(28)18-26(33(4,30)31)16-20-9-7-6-8-10-20/h5-14,19H,1,15-18H2,2-4H3,(H,25,29)/t19-/m0/s1. The lowest BCUT2D eigenvalue weighted by atomic mass is 10.1. The van der Waals surface area contributed by atoms with E-state index >= 15 is 0 Å². The Balaban J connectivity index is 2.28. The molecule has 8 nitrogen and oxygen atoms in total. The van der Waals surface area contributed by atoms with Gasteiger partial charge in [0, 0.05) is 19.6 Å². The lowest BCUT2D eigenvalue weighted by molar-refractivity contribution is -0.140. The maximum Gasteiger partial charge on any atom is 0.242 e. The summed E-state index contributed by atoms with van der Waals surface area (Å²) >= 11 is 0. The van der Waals surface area contributed by atoms with Crippen LogP contribution in [0.15, 0.2) is 67.3 Å². The molecule has 33 heavy (non-hydrogen) atoms. The zero-order valence-corrected chi connectivity index (χ0v) is 20.0. The molecular formula is C24H31N3O5S. The molecule has 0 aliphatic carbocycles. The van der Waals surface area contributed by atoms with Crippen LogP contribution in [0.1, 0.15) is 18.1 Å². The number of methoxy groups -OCH3 is 1. The van der Waals surface area contributed by atoms with Crippen molar-refractivity contribution in [3.05, 3.63) is 78.4 Å². The van der Waals surface area contributed by atoms with Crippen LogP contribution in [0.2, 0.25) is 0 Å². The average molecular weight is 474 g/mol. The van der Waals surface area contributed by atoms with Crippen LogP contribution >= 0.6 is 0 Å². The van der Waals surface area contributed by atoms with Crippen LogP contribution in [0.5, 0.6) is 5.75 Å². The van der Waals surface area contributed by atoms with Crippen LogP contribution in [0.4, 0.5) is 0 Å². The average Bonchev–Trinajstić information content (AvgIpc) is 2.80. The van der Waals surface area contributed by atoms with Crippen molar-refractivity contribution in [3.8, 4) is 5.75 Å². The number of nitrogens with one attached hydrogen (secondary N) is 1. The van der Waals surface area contributed by atoms with Crippen molar-refractivity contribution < 1.29 is 22.7 Å². The van der Waals surface area contributed by atoms with E-state index in [9.17, 15) is 18.0 Å². The van der Waals surface area contributed by atoms with E-state index in [4.69, 9.17) is 4.74 Å². The topological polar surface area (TPSA) is 96.0 Å². The van der Waals surface area contributed by atoms with Gasteiger partial charge in [-0.3, -0.25) is 9.59 Å². The molecule has 0 saturated heterocycles. The number of ether oxygens (including phenoxy) is 1. The zero-order valence-electron chi connectivity index (χ0n) is 19.2. The molecule has 2 rings (SSSR count). The van der Waals surface area contributed by atoms with Gasteiger partial charge < -0.3 is 15.0 Å². The largest absolute Gasteiger partial charge is 0.497 e. The number of hydrogen-bond acceptors (Lipinski definition) is 5. The predicted molar refractivity (Wildman–Crippen MR) is 128 cm³/mol. The summed E-state index contributed by atoms with van der Waals surface area (Å²) in [7, 11) is -2.12. The molecule has 178 valence electrons. The van der Waals surface area contributed by atoms with Crippen molar-refractivity contribution in [2.45, 2.75) is 26.1 Å². The molecule has 0 unspecified atom stereocenters. The van der Waals surface area contributed by atoms with E-state index in [1.54, 1.807) is 68.6 Å². The van der Waals surface area contributed by atoms with Crippen LogP contribution in [-0.2, 0) is 32.7 Å². The summed E-state index contributed by atoms with van der Waals surface area (Å²) < 4.78 is 31.1. The molecule has 9 heteroatoms. The lowest BCUT2D eigenvalue weighted by Gasteiger charge is -2.31. The molecule has 0 fully saturated rings. The maximum atomic E-state index is 13.3. The van der Waals surface area contributed by atoms with E-state index < -0.39 is 22.0 Å². The molecule has 0 heterocycles. The van der Waals surface area contributed by atoms with Crippen LogP contribution in [-0.4, -0.2) is 61.9 Å². The van der Waals surface area contributed by atoms with Gasteiger partial charge in [0.1, 0.15) is 11.8 Å². The van der Waals surface area contributed by atoms with Crippen LogP contribution in [0.25, 0.3) is 0 Å². The first-order valence-electron chi connectivity index (χ1n) is 10.5.